The Labute approximate surface area is 161 Å². The molecule has 8 heteroatoms. The molecule has 28 heavy (non-hydrogen) atoms. The summed E-state index contributed by atoms with van der Waals surface area (Å²) in [5, 5.41) is 17.2. The van der Waals surface area contributed by atoms with Crippen LogP contribution < -0.4 is 16.0 Å². The number of H-pyrrole nitrogens is 1. The van der Waals surface area contributed by atoms with E-state index in [-0.39, 0.29) is 5.91 Å². The monoisotopic (exact) mass is 373 g/mol. The Balaban J connectivity index is 1.64. The number of anilines is 5. The number of benzene rings is 2. The van der Waals surface area contributed by atoms with Gasteiger partial charge in [0.2, 0.25) is 11.9 Å². The van der Waals surface area contributed by atoms with Gasteiger partial charge in [0.25, 0.3) is 0 Å². The van der Waals surface area contributed by atoms with Crippen LogP contribution >= 0.6 is 0 Å². The summed E-state index contributed by atoms with van der Waals surface area (Å²) in [6.45, 7) is 3.39. The van der Waals surface area contributed by atoms with Crippen LogP contribution in [0.5, 0.6) is 0 Å². The fourth-order valence-electron chi connectivity index (χ4n) is 2.81. The highest BCUT2D eigenvalue weighted by atomic mass is 16.1. The van der Waals surface area contributed by atoms with Crippen molar-refractivity contribution in [2.24, 2.45) is 0 Å². The number of aromatic amines is 1. The quantitative estimate of drug-likeness (QED) is 0.419. The van der Waals surface area contributed by atoms with Crippen molar-refractivity contribution in [1.29, 1.82) is 0 Å². The first-order valence-electron chi connectivity index (χ1n) is 8.77. The summed E-state index contributed by atoms with van der Waals surface area (Å²) in [5.74, 6) is 1.78. The molecule has 2 aromatic heterocycles. The van der Waals surface area contributed by atoms with E-state index in [1.54, 1.807) is 0 Å². The molecule has 0 spiro atoms. The van der Waals surface area contributed by atoms with Gasteiger partial charge in [-0.2, -0.15) is 10.1 Å². The molecule has 0 radical (unpaired) electrons. The minimum atomic E-state index is -0.108. The second kappa shape index (κ2) is 7.36. The van der Waals surface area contributed by atoms with Crippen LogP contribution in [0, 0.1) is 6.92 Å². The predicted molar refractivity (Wildman–Crippen MR) is 110 cm³/mol. The van der Waals surface area contributed by atoms with Gasteiger partial charge in [-0.05, 0) is 43.3 Å². The minimum Gasteiger partial charge on any atom is -0.326 e. The van der Waals surface area contributed by atoms with Gasteiger partial charge in [0.1, 0.15) is 11.6 Å². The van der Waals surface area contributed by atoms with Crippen molar-refractivity contribution >= 4 is 45.8 Å². The summed E-state index contributed by atoms with van der Waals surface area (Å²) < 4.78 is 0. The maximum Gasteiger partial charge on any atom is 0.229 e. The van der Waals surface area contributed by atoms with Crippen LogP contribution in [-0.4, -0.2) is 26.1 Å². The highest BCUT2D eigenvalue weighted by Crippen LogP contribution is 2.26. The van der Waals surface area contributed by atoms with Gasteiger partial charge in [-0.15, -0.1) is 0 Å². The summed E-state index contributed by atoms with van der Waals surface area (Å²) in [5.41, 5.74) is 3.24. The maximum absolute atomic E-state index is 11.1. The van der Waals surface area contributed by atoms with Crippen LogP contribution in [0.25, 0.3) is 10.9 Å². The van der Waals surface area contributed by atoms with Gasteiger partial charge in [0, 0.05) is 29.8 Å². The van der Waals surface area contributed by atoms with Gasteiger partial charge in [0.05, 0.1) is 11.2 Å². The van der Waals surface area contributed by atoms with Gasteiger partial charge in [0.15, 0.2) is 0 Å². The average Bonchev–Trinajstić information content (AvgIpc) is 3.08. The number of hydrogen-bond donors (Lipinski definition) is 4. The van der Waals surface area contributed by atoms with Crippen LogP contribution in [0.15, 0.2) is 54.6 Å². The topological polar surface area (TPSA) is 108 Å². The molecule has 8 nitrogen and oxygen atoms in total. The Morgan fingerprint density at radius 2 is 1.71 bits per heavy atom. The van der Waals surface area contributed by atoms with E-state index in [9.17, 15) is 4.79 Å². The lowest BCUT2D eigenvalue weighted by Crippen LogP contribution is -2.05. The molecule has 0 aliphatic carbocycles. The first-order chi connectivity index (χ1) is 13.6. The third kappa shape index (κ3) is 3.90. The van der Waals surface area contributed by atoms with Crippen molar-refractivity contribution in [2.75, 3.05) is 16.0 Å². The van der Waals surface area contributed by atoms with E-state index in [4.69, 9.17) is 0 Å². The number of rotatable bonds is 5. The van der Waals surface area contributed by atoms with Crippen molar-refractivity contribution < 1.29 is 4.79 Å². The smallest absolute Gasteiger partial charge is 0.229 e. The van der Waals surface area contributed by atoms with Gasteiger partial charge in [-0.3, -0.25) is 9.89 Å². The Bertz CT molecular complexity index is 1130. The van der Waals surface area contributed by atoms with Crippen molar-refractivity contribution in [3.05, 3.63) is 60.3 Å². The van der Waals surface area contributed by atoms with Crippen molar-refractivity contribution in [3.63, 3.8) is 0 Å². The molecule has 4 aromatic rings. The molecule has 1 amide bonds. The van der Waals surface area contributed by atoms with E-state index < -0.39 is 0 Å². The molecule has 2 heterocycles. The number of para-hydroxylation sites is 1. The number of nitrogens with one attached hydrogen (secondary N) is 4. The Morgan fingerprint density at radius 1 is 0.964 bits per heavy atom. The van der Waals surface area contributed by atoms with E-state index in [1.807, 2.05) is 61.5 Å². The van der Waals surface area contributed by atoms with Gasteiger partial charge < -0.3 is 16.0 Å². The van der Waals surface area contributed by atoms with Crippen LogP contribution in [0.2, 0.25) is 0 Å². The zero-order valence-corrected chi connectivity index (χ0v) is 15.4. The Morgan fingerprint density at radius 3 is 2.43 bits per heavy atom. The van der Waals surface area contributed by atoms with Gasteiger partial charge >= 0.3 is 0 Å². The standard InChI is InChI=1S/C20H19N7O/c1-12-11-18(27-26-12)24-19-16-5-3-4-6-17(16)23-20(25-19)22-15-9-7-14(8-10-15)21-13(2)28/h3-11H,1-2H3,(H,21,28)(H3,22,23,24,25,26,27). The molecule has 0 fully saturated rings. The summed E-state index contributed by atoms with van der Waals surface area (Å²) in [4.78, 5) is 20.4. The summed E-state index contributed by atoms with van der Waals surface area (Å²) in [7, 11) is 0. The summed E-state index contributed by atoms with van der Waals surface area (Å²) >= 11 is 0. The minimum absolute atomic E-state index is 0.108. The molecule has 4 rings (SSSR count). The molecule has 0 aliphatic rings. The molecule has 0 atom stereocenters. The normalized spacial score (nSPS) is 10.6. The second-order valence-electron chi connectivity index (χ2n) is 6.34. The Kier molecular flexibility index (Phi) is 4.59. The molecule has 0 saturated heterocycles. The van der Waals surface area contributed by atoms with E-state index in [0.717, 1.165) is 33.8 Å². The number of fused-ring (bicyclic) bond motifs is 1. The van der Waals surface area contributed by atoms with Gasteiger partial charge in [-0.25, -0.2) is 4.98 Å². The first-order valence-corrected chi connectivity index (χ1v) is 8.77. The van der Waals surface area contributed by atoms with Crippen LogP contribution in [-0.2, 0) is 4.79 Å². The van der Waals surface area contributed by atoms with E-state index >= 15 is 0 Å². The lowest BCUT2D eigenvalue weighted by Gasteiger charge is -2.11. The van der Waals surface area contributed by atoms with E-state index in [1.165, 1.54) is 6.92 Å². The van der Waals surface area contributed by atoms with Crippen LogP contribution in [0.3, 0.4) is 0 Å². The van der Waals surface area contributed by atoms with Crippen molar-refractivity contribution in [3.8, 4) is 0 Å². The third-order valence-corrected chi connectivity index (χ3v) is 4.02. The molecule has 0 bridgehead atoms. The second-order valence-corrected chi connectivity index (χ2v) is 6.34. The number of nitrogens with zero attached hydrogens (tertiary/aromatic N) is 3. The number of carbonyl (C=O) groups is 1. The SMILES string of the molecule is CC(=O)Nc1ccc(Nc2nc(Nc3cc(C)n[nH]3)c3ccccc3n2)cc1. The number of hydrogen-bond acceptors (Lipinski definition) is 6. The first kappa shape index (κ1) is 17.5. The average molecular weight is 373 g/mol. The largest absolute Gasteiger partial charge is 0.326 e. The summed E-state index contributed by atoms with van der Waals surface area (Å²) in [6.07, 6.45) is 0. The molecule has 0 unspecified atom stereocenters. The van der Waals surface area contributed by atoms with Crippen LogP contribution in [0.4, 0.5) is 29.0 Å². The third-order valence-electron chi connectivity index (χ3n) is 4.02. The molecular formula is C20H19N7O. The number of aromatic nitrogens is 4. The molecule has 4 N–H and O–H groups in total. The number of amides is 1. The zero-order valence-electron chi connectivity index (χ0n) is 15.4. The van der Waals surface area contributed by atoms with Crippen LogP contribution in [0.1, 0.15) is 12.6 Å². The lowest BCUT2D eigenvalue weighted by molar-refractivity contribution is -0.114. The fraction of sp³-hybridized carbons (Fsp3) is 0.100. The van der Waals surface area contributed by atoms with Gasteiger partial charge in [-0.1, -0.05) is 12.1 Å². The maximum atomic E-state index is 11.1. The molecule has 0 aliphatic heterocycles. The zero-order chi connectivity index (χ0) is 19.5. The highest BCUT2D eigenvalue weighted by molar-refractivity contribution is 5.92. The lowest BCUT2D eigenvalue weighted by atomic mass is 10.2. The van der Waals surface area contributed by atoms with E-state index in [2.05, 4.69) is 36.1 Å². The number of carbonyl (C=O) groups excluding carboxylic acids is 1. The van der Waals surface area contributed by atoms with E-state index in [0.29, 0.717) is 11.8 Å². The predicted octanol–water partition coefficient (Wildman–Crippen LogP) is 4.11. The molecule has 0 saturated carbocycles. The molecule has 140 valence electrons. The number of aryl methyl sites for hydroxylation is 1. The molecular weight excluding hydrogens is 354 g/mol. The molecule has 2 aromatic carbocycles. The Hall–Kier alpha value is -3.94. The van der Waals surface area contributed by atoms with Crippen molar-refractivity contribution in [2.45, 2.75) is 13.8 Å². The fourth-order valence-corrected chi connectivity index (χ4v) is 2.81. The van der Waals surface area contributed by atoms with Crippen molar-refractivity contribution in [1.82, 2.24) is 20.2 Å². The summed E-state index contributed by atoms with van der Waals surface area (Å²) in [6, 6.07) is 17.0. The highest BCUT2D eigenvalue weighted by Gasteiger charge is 2.09.